The predicted molar refractivity (Wildman–Crippen MR) is 73.5 cm³/mol. The molecule has 3 aromatic rings. The molecule has 2 nitrogen and oxygen atoms in total. The SMILES string of the molecule is c1ccc2c(c1)Nc1c(ccc3ncsc13)S2. The number of fused-ring (bicyclic) bond motifs is 4. The average Bonchev–Trinajstić information content (AvgIpc) is 2.85. The molecule has 1 aliphatic heterocycles. The average molecular weight is 256 g/mol. The Hall–Kier alpha value is -1.52. The maximum absolute atomic E-state index is 4.35. The summed E-state index contributed by atoms with van der Waals surface area (Å²) in [4.78, 5) is 6.91. The van der Waals surface area contributed by atoms with Crippen molar-refractivity contribution in [1.82, 2.24) is 4.98 Å². The molecule has 0 saturated heterocycles. The second-order valence-electron chi connectivity index (χ2n) is 3.86. The number of para-hydroxylation sites is 1. The number of anilines is 2. The van der Waals surface area contributed by atoms with E-state index in [9.17, 15) is 0 Å². The van der Waals surface area contributed by atoms with Crippen molar-refractivity contribution in [3.05, 3.63) is 41.9 Å². The Morgan fingerprint density at radius 2 is 1.94 bits per heavy atom. The van der Waals surface area contributed by atoms with Crippen LogP contribution in [0.25, 0.3) is 10.2 Å². The van der Waals surface area contributed by atoms with Gasteiger partial charge >= 0.3 is 0 Å². The third-order valence-electron chi connectivity index (χ3n) is 2.83. The quantitative estimate of drug-likeness (QED) is 0.501. The summed E-state index contributed by atoms with van der Waals surface area (Å²) in [6.45, 7) is 0. The lowest BCUT2D eigenvalue weighted by Crippen LogP contribution is -1.99. The fraction of sp³-hybridized carbons (Fsp3) is 0. The first-order valence-corrected chi connectivity index (χ1v) is 7.01. The van der Waals surface area contributed by atoms with Crippen LogP contribution in [0.3, 0.4) is 0 Å². The van der Waals surface area contributed by atoms with Crippen molar-refractivity contribution in [1.29, 1.82) is 0 Å². The zero-order valence-corrected chi connectivity index (χ0v) is 10.4. The van der Waals surface area contributed by atoms with Crippen molar-refractivity contribution in [3.8, 4) is 0 Å². The van der Waals surface area contributed by atoms with Crippen LogP contribution in [0, 0.1) is 0 Å². The molecule has 0 bridgehead atoms. The molecule has 0 spiro atoms. The van der Waals surface area contributed by atoms with Crippen LogP contribution in [-0.4, -0.2) is 4.98 Å². The first-order valence-electron chi connectivity index (χ1n) is 5.32. The molecule has 1 aromatic heterocycles. The molecular formula is C13H8N2S2. The Labute approximate surface area is 107 Å². The fourth-order valence-corrected chi connectivity index (χ4v) is 3.89. The maximum atomic E-state index is 4.35. The predicted octanol–water partition coefficient (Wildman–Crippen LogP) is 4.50. The molecule has 0 saturated carbocycles. The number of rotatable bonds is 0. The Morgan fingerprint density at radius 3 is 2.94 bits per heavy atom. The first kappa shape index (κ1) is 9.50. The molecule has 0 unspecified atom stereocenters. The molecule has 1 N–H and O–H groups in total. The van der Waals surface area contributed by atoms with E-state index in [4.69, 9.17) is 0 Å². The van der Waals surface area contributed by atoms with Crippen molar-refractivity contribution < 1.29 is 0 Å². The second-order valence-corrected chi connectivity index (χ2v) is 5.80. The Morgan fingerprint density at radius 1 is 1.00 bits per heavy atom. The van der Waals surface area contributed by atoms with E-state index in [0.29, 0.717) is 0 Å². The topological polar surface area (TPSA) is 24.9 Å². The van der Waals surface area contributed by atoms with Gasteiger partial charge in [-0.3, -0.25) is 0 Å². The van der Waals surface area contributed by atoms with Gasteiger partial charge < -0.3 is 5.32 Å². The van der Waals surface area contributed by atoms with Crippen LogP contribution in [-0.2, 0) is 0 Å². The number of hydrogen-bond donors (Lipinski definition) is 1. The van der Waals surface area contributed by atoms with Crippen LogP contribution in [0.1, 0.15) is 0 Å². The molecular weight excluding hydrogens is 248 g/mol. The molecule has 0 radical (unpaired) electrons. The normalized spacial score (nSPS) is 12.9. The molecule has 4 heteroatoms. The van der Waals surface area contributed by atoms with Gasteiger partial charge in [0.15, 0.2) is 0 Å². The Balaban J connectivity index is 1.98. The second kappa shape index (κ2) is 3.48. The van der Waals surface area contributed by atoms with Crippen molar-refractivity contribution in [3.63, 3.8) is 0 Å². The minimum Gasteiger partial charge on any atom is -0.352 e. The highest BCUT2D eigenvalue weighted by atomic mass is 32.2. The molecule has 4 rings (SSSR count). The van der Waals surface area contributed by atoms with Gasteiger partial charge in [-0.1, -0.05) is 23.9 Å². The maximum Gasteiger partial charge on any atom is 0.0834 e. The highest BCUT2D eigenvalue weighted by molar-refractivity contribution is 7.99. The zero-order valence-electron chi connectivity index (χ0n) is 8.81. The summed E-state index contributed by atoms with van der Waals surface area (Å²) >= 11 is 3.51. The lowest BCUT2D eigenvalue weighted by molar-refractivity contribution is 1.33. The number of aromatic nitrogens is 1. The molecule has 0 atom stereocenters. The monoisotopic (exact) mass is 256 g/mol. The van der Waals surface area contributed by atoms with E-state index >= 15 is 0 Å². The molecule has 0 fully saturated rings. The Kier molecular flexibility index (Phi) is 1.95. The minimum absolute atomic E-state index is 1.07. The lowest BCUT2D eigenvalue weighted by atomic mass is 10.2. The van der Waals surface area contributed by atoms with Crippen molar-refractivity contribution >= 4 is 44.7 Å². The summed E-state index contributed by atoms with van der Waals surface area (Å²) in [7, 11) is 0. The zero-order chi connectivity index (χ0) is 11.2. The van der Waals surface area contributed by atoms with Gasteiger partial charge in [0.25, 0.3) is 0 Å². The summed E-state index contributed by atoms with van der Waals surface area (Å²) in [6.07, 6.45) is 0. The van der Waals surface area contributed by atoms with E-state index in [-0.39, 0.29) is 0 Å². The number of nitrogens with zero attached hydrogens (tertiary/aromatic N) is 1. The van der Waals surface area contributed by atoms with Crippen LogP contribution < -0.4 is 5.32 Å². The summed E-state index contributed by atoms with van der Waals surface area (Å²) in [5, 5.41) is 3.52. The number of nitrogens with one attached hydrogen (secondary N) is 1. The lowest BCUT2D eigenvalue weighted by Gasteiger charge is -2.20. The summed E-state index contributed by atoms with van der Waals surface area (Å²) in [6, 6.07) is 12.6. The van der Waals surface area contributed by atoms with Gasteiger partial charge in [0.05, 0.1) is 27.1 Å². The smallest absolute Gasteiger partial charge is 0.0834 e. The molecule has 82 valence electrons. The first-order chi connectivity index (χ1) is 8.42. The van der Waals surface area contributed by atoms with Crippen LogP contribution in [0.15, 0.2) is 51.7 Å². The van der Waals surface area contributed by atoms with Gasteiger partial charge in [-0.25, -0.2) is 4.98 Å². The van der Waals surface area contributed by atoms with Gasteiger partial charge in [0.1, 0.15) is 0 Å². The van der Waals surface area contributed by atoms with Crippen LogP contribution in [0.2, 0.25) is 0 Å². The highest BCUT2D eigenvalue weighted by Crippen LogP contribution is 2.47. The van der Waals surface area contributed by atoms with Gasteiger partial charge in [0, 0.05) is 9.79 Å². The largest absolute Gasteiger partial charge is 0.352 e. The van der Waals surface area contributed by atoms with Gasteiger partial charge in [0.2, 0.25) is 0 Å². The summed E-state index contributed by atoms with van der Waals surface area (Å²) < 4.78 is 1.24. The van der Waals surface area contributed by atoms with Crippen LogP contribution in [0.4, 0.5) is 11.4 Å². The van der Waals surface area contributed by atoms with Gasteiger partial charge in [-0.2, -0.15) is 0 Å². The standard InChI is InChI=1S/C13H8N2S2/c1-2-4-10-8(3-1)15-12-11(17-10)6-5-9-13(12)16-7-14-9/h1-7,15H. The third-order valence-corrected chi connectivity index (χ3v) is 4.82. The molecule has 0 amide bonds. The number of thiazole rings is 1. The summed E-state index contributed by atoms with van der Waals surface area (Å²) in [5.41, 5.74) is 5.36. The number of benzene rings is 2. The Bertz CT molecular complexity index is 718. The van der Waals surface area contributed by atoms with E-state index in [2.05, 4.69) is 46.7 Å². The van der Waals surface area contributed by atoms with E-state index in [1.165, 1.54) is 25.9 Å². The van der Waals surface area contributed by atoms with Gasteiger partial charge in [-0.15, -0.1) is 11.3 Å². The minimum atomic E-state index is 1.07. The van der Waals surface area contributed by atoms with Crippen LogP contribution >= 0.6 is 23.1 Å². The third kappa shape index (κ3) is 1.38. The van der Waals surface area contributed by atoms with Crippen molar-refractivity contribution in [2.24, 2.45) is 0 Å². The van der Waals surface area contributed by atoms with Gasteiger partial charge in [-0.05, 0) is 24.3 Å². The van der Waals surface area contributed by atoms with E-state index in [1.807, 2.05) is 17.3 Å². The highest BCUT2D eigenvalue weighted by Gasteiger charge is 2.18. The molecule has 2 aromatic carbocycles. The van der Waals surface area contributed by atoms with Crippen molar-refractivity contribution in [2.45, 2.75) is 9.79 Å². The van der Waals surface area contributed by atoms with E-state index in [1.54, 1.807) is 11.3 Å². The van der Waals surface area contributed by atoms with E-state index < -0.39 is 0 Å². The number of hydrogen-bond acceptors (Lipinski definition) is 4. The molecule has 0 aliphatic carbocycles. The van der Waals surface area contributed by atoms with Crippen molar-refractivity contribution in [2.75, 3.05) is 5.32 Å². The van der Waals surface area contributed by atoms with E-state index in [0.717, 1.165) is 5.52 Å². The summed E-state index contributed by atoms with van der Waals surface area (Å²) in [5.74, 6) is 0. The molecule has 1 aliphatic rings. The fourth-order valence-electron chi connectivity index (χ4n) is 2.03. The molecule has 17 heavy (non-hydrogen) atoms. The molecule has 2 heterocycles. The van der Waals surface area contributed by atoms with Crippen LogP contribution in [0.5, 0.6) is 0 Å².